The summed E-state index contributed by atoms with van der Waals surface area (Å²) in [6, 6.07) is 9.97. The van der Waals surface area contributed by atoms with Gasteiger partial charge in [0.2, 0.25) is 4.73 Å². The second kappa shape index (κ2) is 5.23. The van der Waals surface area contributed by atoms with Crippen molar-refractivity contribution in [2.24, 2.45) is 0 Å². The maximum atomic E-state index is 9.09. The van der Waals surface area contributed by atoms with Crippen LogP contribution in [-0.2, 0) is 0 Å². The minimum Gasteiger partial charge on any atom is -0.396 e. The second-order valence-electron chi connectivity index (χ2n) is 3.47. The van der Waals surface area contributed by atoms with Gasteiger partial charge in [0.15, 0.2) is 0 Å². The van der Waals surface area contributed by atoms with Crippen LogP contribution in [0, 0.1) is 0 Å². The molecule has 84 valence electrons. The first kappa shape index (κ1) is 11.3. The predicted molar refractivity (Wildman–Crippen MR) is 64.1 cm³/mol. The van der Waals surface area contributed by atoms with Crippen LogP contribution in [0.5, 0.6) is 0 Å². The molecule has 2 aromatic rings. The predicted octanol–water partition coefficient (Wildman–Crippen LogP) is 2.08. The molecule has 1 heterocycles. The van der Waals surface area contributed by atoms with Crippen LogP contribution in [0.2, 0.25) is 0 Å². The molecule has 2 N–H and O–H groups in total. The molecule has 0 saturated heterocycles. The van der Waals surface area contributed by atoms with Crippen molar-refractivity contribution >= 4 is 15.9 Å². The highest BCUT2D eigenvalue weighted by atomic mass is 79.9. The molecule has 0 radical (unpaired) electrons. The van der Waals surface area contributed by atoms with E-state index in [1.54, 1.807) is 0 Å². The number of aliphatic hydroxyl groups excluding tert-OH is 1. The minimum atomic E-state index is 0.0602. The SMILES string of the molecule is OCCC(c1ccccc1)c1nc(Br)n[nH]1. The fourth-order valence-corrected chi connectivity index (χ4v) is 1.96. The average Bonchev–Trinajstić information content (AvgIpc) is 2.74. The topological polar surface area (TPSA) is 61.8 Å². The number of rotatable bonds is 4. The quantitative estimate of drug-likeness (QED) is 0.902. The Bertz CT molecular complexity index is 444. The van der Waals surface area contributed by atoms with Gasteiger partial charge >= 0.3 is 0 Å². The van der Waals surface area contributed by atoms with E-state index in [9.17, 15) is 0 Å². The van der Waals surface area contributed by atoms with Gasteiger partial charge in [-0.3, -0.25) is 5.10 Å². The molecule has 0 bridgehead atoms. The fraction of sp³-hybridized carbons (Fsp3) is 0.273. The van der Waals surface area contributed by atoms with E-state index >= 15 is 0 Å². The lowest BCUT2D eigenvalue weighted by atomic mass is 9.95. The molecule has 1 atom stereocenters. The third kappa shape index (κ3) is 2.48. The number of nitrogens with one attached hydrogen (secondary N) is 1. The number of aromatic amines is 1. The monoisotopic (exact) mass is 281 g/mol. The van der Waals surface area contributed by atoms with Crippen molar-refractivity contribution in [2.75, 3.05) is 6.61 Å². The Hall–Kier alpha value is -1.20. The van der Waals surface area contributed by atoms with Gasteiger partial charge in [-0.2, -0.15) is 0 Å². The molecule has 1 aromatic carbocycles. The molecule has 0 aliphatic rings. The molecular weight excluding hydrogens is 270 g/mol. The zero-order valence-corrected chi connectivity index (χ0v) is 10.2. The van der Waals surface area contributed by atoms with Gasteiger partial charge in [-0.25, -0.2) is 4.98 Å². The van der Waals surface area contributed by atoms with Crippen LogP contribution in [0.25, 0.3) is 0 Å². The molecule has 0 spiro atoms. The first-order chi connectivity index (χ1) is 7.81. The standard InChI is InChI=1S/C11H12BrN3O/c12-11-13-10(14-15-11)9(6-7-16)8-4-2-1-3-5-8/h1-5,9,16H,6-7H2,(H,13,14,15). The first-order valence-electron chi connectivity index (χ1n) is 5.05. The van der Waals surface area contributed by atoms with Crippen LogP contribution in [0.1, 0.15) is 23.7 Å². The van der Waals surface area contributed by atoms with Gasteiger partial charge in [-0.15, -0.1) is 5.10 Å². The smallest absolute Gasteiger partial charge is 0.217 e. The van der Waals surface area contributed by atoms with Crippen LogP contribution in [0.3, 0.4) is 0 Å². The van der Waals surface area contributed by atoms with Crippen molar-refractivity contribution in [3.05, 3.63) is 46.5 Å². The zero-order valence-electron chi connectivity index (χ0n) is 8.60. The number of nitrogens with zero attached hydrogens (tertiary/aromatic N) is 2. The third-order valence-electron chi connectivity index (χ3n) is 2.43. The van der Waals surface area contributed by atoms with E-state index in [1.165, 1.54) is 0 Å². The minimum absolute atomic E-state index is 0.0602. The van der Waals surface area contributed by atoms with Gasteiger partial charge in [0, 0.05) is 12.5 Å². The molecule has 5 heteroatoms. The summed E-state index contributed by atoms with van der Waals surface area (Å²) in [5.41, 5.74) is 1.13. The lowest BCUT2D eigenvalue weighted by molar-refractivity contribution is 0.280. The van der Waals surface area contributed by atoms with Crippen LogP contribution >= 0.6 is 15.9 Å². The highest BCUT2D eigenvalue weighted by molar-refractivity contribution is 9.10. The maximum Gasteiger partial charge on any atom is 0.217 e. The van der Waals surface area contributed by atoms with E-state index in [2.05, 4.69) is 31.1 Å². The van der Waals surface area contributed by atoms with Crippen LogP contribution in [0.4, 0.5) is 0 Å². The Balaban J connectivity index is 2.31. The van der Waals surface area contributed by atoms with Gasteiger partial charge in [0.1, 0.15) is 5.82 Å². The molecule has 0 fully saturated rings. The third-order valence-corrected chi connectivity index (χ3v) is 2.78. The largest absolute Gasteiger partial charge is 0.396 e. The van der Waals surface area contributed by atoms with Gasteiger partial charge in [-0.05, 0) is 27.9 Å². The Morgan fingerprint density at radius 1 is 1.31 bits per heavy atom. The molecule has 0 aliphatic heterocycles. The van der Waals surface area contributed by atoms with Crippen molar-refractivity contribution in [1.82, 2.24) is 15.2 Å². The summed E-state index contributed by atoms with van der Waals surface area (Å²) in [7, 11) is 0. The molecule has 1 aromatic heterocycles. The number of hydrogen-bond donors (Lipinski definition) is 2. The number of benzene rings is 1. The molecule has 0 saturated carbocycles. The van der Waals surface area contributed by atoms with E-state index in [1.807, 2.05) is 30.3 Å². The lowest BCUT2D eigenvalue weighted by Crippen LogP contribution is -2.05. The number of aliphatic hydroxyl groups is 1. The van der Waals surface area contributed by atoms with Crippen LogP contribution in [0.15, 0.2) is 35.1 Å². The van der Waals surface area contributed by atoms with Crippen LogP contribution in [-0.4, -0.2) is 26.9 Å². The van der Waals surface area contributed by atoms with Gasteiger partial charge in [0.25, 0.3) is 0 Å². The van der Waals surface area contributed by atoms with Crippen molar-refractivity contribution < 1.29 is 5.11 Å². The van der Waals surface area contributed by atoms with Gasteiger partial charge in [-0.1, -0.05) is 30.3 Å². The van der Waals surface area contributed by atoms with E-state index in [4.69, 9.17) is 5.11 Å². The second-order valence-corrected chi connectivity index (χ2v) is 4.17. The summed E-state index contributed by atoms with van der Waals surface area (Å²) in [5.74, 6) is 0.831. The van der Waals surface area contributed by atoms with Crippen LogP contribution < -0.4 is 0 Å². The molecule has 4 nitrogen and oxygen atoms in total. The lowest BCUT2D eigenvalue weighted by Gasteiger charge is -2.12. The Labute approximate surface area is 102 Å². The summed E-state index contributed by atoms with van der Waals surface area (Å²) in [6.07, 6.45) is 0.631. The zero-order chi connectivity index (χ0) is 11.4. The van der Waals surface area contributed by atoms with E-state index in [-0.39, 0.29) is 12.5 Å². The molecular formula is C11H12BrN3O. The summed E-state index contributed by atoms with van der Waals surface area (Å²) in [4.78, 5) is 4.24. The fourth-order valence-electron chi connectivity index (χ4n) is 1.68. The average molecular weight is 282 g/mol. The van der Waals surface area contributed by atoms with E-state index < -0.39 is 0 Å². The summed E-state index contributed by atoms with van der Waals surface area (Å²) in [5, 5.41) is 15.9. The molecule has 16 heavy (non-hydrogen) atoms. The highest BCUT2D eigenvalue weighted by Crippen LogP contribution is 2.25. The molecule has 0 aliphatic carbocycles. The van der Waals surface area contributed by atoms with E-state index in [0.29, 0.717) is 11.2 Å². The highest BCUT2D eigenvalue weighted by Gasteiger charge is 2.17. The maximum absolute atomic E-state index is 9.09. The molecule has 0 amide bonds. The van der Waals surface area contributed by atoms with Crippen molar-refractivity contribution in [1.29, 1.82) is 0 Å². The van der Waals surface area contributed by atoms with Gasteiger partial charge in [0.05, 0.1) is 0 Å². The van der Waals surface area contributed by atoms with Crippen molar-refractivity contribution in [3.63, 3.8) is 0 Å². The molecule has 1 unspecified atom stereocenters. The summed E-state index contributed by atoms with van der Waals surface area (Å²) >= 11 is 3.21. The number of halogens is 1. The number of hydrogen-bond acceptors (Lipinski definition) is 3. The number of H-pyrrole nitrogens is 1. The van der Waals surface area contributed by atoms with E-state index in [0.717, 1.165) is 11.4 Å². The Morgan fingerprint density at radius 3 is 2.62 bits per heavy atom. The Kier molecular flexibility index (Phi) is 3.69. The Morgan fingerprint density at radius 2 is 2.06 bits per heavy atom. The molecule has 2 rings (SSSR count). The van der Waals surface area contributed by atoms with Crippen molar-refractivity contribution in [3.8, 4) is 0 Å². The summed E-state index contributed by atoms with van der Waals surface area (Å²) in [6.45, 7) is 0.123. The van der Waals surface area contributed by atoms with Crippen molar-refractivity contribution in [2.45, 2.75) is 12.3 Å². The number of aromatic nitrogens is 3. The normalized spacial score (nSPS) is 12.6. The first-order valence-corrected chi connectivity index (χ1v) is 5.84. The van der Waals surface area contributed by atoms with Gasteiger partial charge < -0.3 is 5.11 Å². The summed E-state index contributed by atoms with van der Waals surface area (Å²) < 4.78 is 0.543.